The Hall–Kier alpha value is -0.480. The normalized spacial score (nSPS) is 20.1. The average molecular weight is 263 g/mol. The van der Waals surface area contributed by atoms with Gasteiger partial charge in [0.1, 0.15) is 11.9 Å². The highest BCUT2D eigenvalue weighted by atomic mass is 35.5. The van der Waals surface area contributed by atoms with Gasteiger partial charge in [0.05, 0.1) is 24.8 Å². The van der Waals surface area contributed by atoms with Gasteiger partial charge >= 0.3 is 0 Å². The Labute approximate surface area is 104 Å². The van der Waals surface area contributed by atoms with Crippen molar-refractivity contribution in [3.63, 3.8) is 0 Å². The molecule has 1 aliphatic rings. The van der Waals surface area contributed by atoms with Gasteiger partial charge in [-0.05, 0) is 12.1 Å². The van der Waals surface area contributed by atoms with Crippen LogP contribution in [0.3, 0.4) is 0 Å². The van der Waals surface area contributed by atoms with Crippen molar-refractivity contribution in [3.05, 3.63) is 27.7 Å². The summed E-state index contributed by atoms with van der Waals surface area (Å²) in [6, 6.07) is 3.26. The first-order valence-electron chi connectivity index (χ1n) is 5.04. The Balaban J connectivity index is 2.23. The Bertz CT molecular complexity index is 376. The molecule has 1 heterocycles. The van der Waals surface area contributed by atoms with Gasteiger partial charge in [-0.2, -0.15) is 0 Å². The molecule has 0 spiro atoms. The molecule has 0 radical (unpaired) electrons. The summed E-state index contributed by atoms with van der Waals surface area (Å²) in [6.07, 6.45) is 0.841. The van der Waals surface area contributed by atoms with E-state index in [1.54, 1.807) is 12.1 Å². The topological polar surface area (TPSA) is 38.7 Å². The Morgan fingerprint density at radius 3 is 2.88 bits per heavy atom. The summed E-state index contributed by atoms with van der Waals surface area (Å²) in [5.41, 5.74) is 0.601. The third-order valence-corrected chi connectivity index (χ3v) is 2.93. The van der Waals surface area contributed by atoms with E-state index in [2.05, 4.69) is 0 Å². The third-order valence-electron chi connectivity index (χ3n) is 2.43. The summed E-state index contributed by atoms with van der Waals surface area (Å²) >= 11 is 11.9. The van der Waals surface area contributed by atoms with E-state index in [9.17, 15) is 5.11 Å². The predicted octanol–water partition coefficient (Wildman–Crippen LogP) is 2.65. The van der Waals surface area contributed by atoms with E-state index in [4.69, 9.17) is 32.7 Å². The average Bonchev–Trinajstić information content (AvgIpc) is 2.74. The number of halogens is 2. The third kappa shape index (κ3) is 2.61. The smallest absolute Gasteiger partial charge is 0.144 e. The van der Waals surface area contributed by atoms with Crippen LogP contribution in [0.5, 0.6) is 5.75 Å². The van der Waals surface area contributed by atoms with Gasteiger partial charge in [0, 0.05) is 17.0 Å². The Morgan fingerprint density at radius 1 is 1.44 bits per heavy atom. The molecule has 3 nitrogen and oxygen atoms in total. The fourth-order valence-electron chi connectivity index (χ4n) is 1.64. The minimum atomic E-state index is -0.150. The zero-order chi connectivity index (χ0) is 11.5. The SMILES string of the molecule is OCc1cc(Cl)cc(Cl)c1OC1CCOC1. The maximum atomic E-state index is 9.21. The van der Waals surface area contributed by atoms with E-state index in [-0.39, 0.29) is 12.7 Å². The van der Waals surface area contributed by atoms with Crippen LogP contribution in [-0.4, -0.2) is 24.4 Å². The van der Waals surface area contributed by atoms with Crippen LogP contribution in [0.4, 0.5) is 0 Å². The highest BCUT2D eigenvalue weighted by molar-refractivity contribution is 6.35. The van der Waals surface area contributed by atoms with Crippen molar-refractivity contribution in [2.24, 2.45) is 0 Å². The molecule has 1 aliphatic heterocycles. The zero-order valence-electron chi connectivity index (χ0n) is 8.58. The molecule has 0 aliphatic carbocycles. The van der Waals surface area contributed by atoms with Crippen LogP contribution in [0, 0.1) is 0 Å². The van der Waals surface area contributed by atoms with Crippen molar-refractivity contribution < 1.29 is 14.6 Å². The Morgan fingerprint density at radius 2 is 2.25 bits per heavy atom. The first-order valence-corrected chi connectivity index (χ1v) is 5.79. The van der Waals surface area contributed by atoms with Crippen LogP contribution in [0.1, 0.15) is 12.0 Å². The van der Waals surface area contributed by atoms with Gasteiger partial charge in [-0.3, -0.25) is 0 Å². The lowest BCUT2D eigenvalue weighted by molar-refractivity contribution is 0.139. The van der Waals surface area contributed by atoms with Crippen molar-refractivity contribution in [2.45, 2.75) is 19.1 Å². The summed E-state index contributed by atoms with van der Waals surface area (Å²) in [5, 5.41) is 10.1. The standard InChI is InChI=1S/C11H12Cl2O3/c12-8-3-7(5-14)11(10(13)4-8)16-9-1-2-15-6-9/h3-4,9,14H,1-2,5-6H2. The molecule has 0 bridgehead atoms. The lowest BCUT2D eigenvalue weighted by atomic mass is 10.2. The molecule has 5 heteroatoms. The summed E-state index contributed by atoms with van der Waals surface area (Å²) in [6.45, 7) is 1.11. The highest BCUT2D eigenvalue weighted by Gasteiger charge is 2.20. The number of aliphatic hydroxyl groups excluding tert-OH is 1. The lowest BCUT2D eigenvalue weighted by Gasteiger charge is -2.16. The van der Waals surface area contributed by atoms with Gasteiger partial charge in [0.25, 0.3) is 0 Å². The van der Waals surface area contributed by atoms with Crippen molar-refractivity contribution in [1.29, 1.82) is 0 Å². The van der Waals surface area contributed by atoms with Gasteiger partial charge in [-0.25, -0.2) is 0 Å². The molecular weight excluding hydrogens is 251 g/mol. The molecule has 1 N–H and O–H groups in total. The van der Waals surface area contributed by atoms with Crippen LogP contribution in [-0.2, 0) is 11.3 Å². The van der Waals surface area contributed by atoms with E-state index in [1.807, 2.05) is 0 Å². The van der Waals surface area contributed by atoms with E-state index < -0.39 is 0 Å². The fraction of sp³-hybridized carbons (Fsp3) is 0.455. The highest BCUT2D eigenvalue weighted by Crippen LogP contribution is 2.34. The zero-order valence-corrected chi connectivity index (χ0v) is 10.1. The second kappa shape index (κ2) is 5.23. The van der Waals surface area contributed by atoms with Crippen molar-refractivity contribution >= 4 is 23.2 Å². The number of aliphatic hydroxyl groups is 1. The largest absolute Gasteiger partial charge is 0.486 e. The van der Waals surface area contributed by atoms with Gasteiger partial charge in [-0.1, -0.05) is 23.2 Å². The molecular formula is C11H12Cl2O3. The number of rotatable bonds is 3. The van der Waals surface area contributed by atoms with Gasteiger partial charge in [0.15, 0.2) is 0 Å². The molecule has 0 amide bonds. The maximum Gasteiger partial charge on any atom is 0.144 e. The van der Waals surface area contributed by atoms with E-state index in [1.165, 1.54) is 0 Å². The van der Waals surface area contributed by atoms with E-state index in [0.29, 0.717) is 34.6 Å². The minimum absolute atomic E-state index is 0.00368. The van der Waals surface area contributed by atoms with Gasteiger partial charge in [-0.15, -0.1) is 0 Å². The molecule has 88 valence electrons. The first-order chi connectivity index (χ1) is 7.70. The fourth-order valence-corrected chi connectivity index (χ4v) is 2.22. The second-order valence-electron chi connectivity index (χ2n) is 3.64. The quantitative estimate of drug-likeness (QED) is 0.911. The summed E-state index contributed by atoms with van der Waals surface area (Å²) in [4.78, 5) is 0. The van der Waals surface area contributed by atoms with Crippen molar-refractivity contribution in [3.8, 4) is 5.75 Å². The minimum Gasteiger partial charge on any atom is -0.486 e. The molecule has 1 unspecified atom stereocenters. The van der Waals surface area contributed by atoms with E-state index in [0.717, 1.165) is 6.42 Å². The number of hydrogen-bond donors (Lipinski definition) is 1. The molecule has 1 aromatic rings. The molecule has 16 heavy (non-hydrogen) atoms. The number of benzene rings is 1. The first kappa shape index (κ1) is 12.0. The van der Waals surface area contributed by atoms with Crippen LogP contribution in [0.15, 0.2) is 12.1 Å². The summed E-state index contributed by atoms with van der Waals surface area (Å²) in [7, 11) is 0. The van der Waals surface area contributed by atoms with Crippen LogP contribution in [0.25, 0.3) is 0 Å². The van der Waals surface area contributed by atoms with Crippen molar-refractivity contribution in [2.75, 3.05) is 13.2 Å². The monoisotopic (exact) mass is 262 g/mol. The summed E-state index contributed by atoms with van der Waals surface area (Å²) < 4.78 is 10.9. The molecule has 1 atom stereocenters. The molecule has 0 aromatic heterocycles. The van der Waals surface area contributed by atoms with Gasteiger partial charge in [0.2, 0.25) is 0 Å². The van der Waals surface area contributed by atoms with Crippen molar-refractivity contribution in [1.82, 2.24) is 0 Å². The van der Waals surface area contributed by atoms with Crippen LogP contribution in [0.2, 0.25) is 10.0 Å². The van der Waals surface area contributed by atoms with Crippen LogP contribution < -0.4 is 4.74 Å². The van der Waals surface area contributed by atoms with Gasteiger partial charge < -0.3 is 14.6 Å². The number of ether oxygens (including phenoxy) is 2. The molecule has 1 fully saturated rings. The predicted molar refractivity (Wildman–Crippen MR) is 62.2 cm³/mol. The second-order valence-corrected chi connectivity index (χ2v) is 4.48. The molecule has 1 saturated heterocycles. The Kier molecular flexibility index (Phi) is 3.92. The lowest BCUT2D eigenvalue weighted by Crippen LogP contribution is -2.17. The van der Waals surface area contributed by atoms with Crippen LogP contribution >= 0.6 is 23.2 Å². The number of hydrogen-bond acceptors (Lipinski definition) is 3. The van der Waals surface area contributed by atoms with E-state index >= 15 is 0 Å². The summed E-state index contributed by atoms with van der Waals surface area (Å²) in [5.74, 6) is 0.504. The molecule has 0 saturated carbocycles. The maximum absolute atomic E-state index is 9.21. The molecule has 1 aromatic carbocycles. The molecule has 2 rings (SSSR count).